The first kappa shape index (κ1) is 12.7. The fourth-order valence-corrected chi connectivity index (χ4v) is 2.14. The van der Waals surface area contributed by atoms with E-state index in [1.165, 1.54) is 30.5 Å². The summed E-state index contributed by atoms with van der Waals surface area (Å²) in [6.45, 7) is 3.32. The van der Waals surface area contributed by atoms with E-state index in [0.29, 0.717) is 0 Å². The van der Waals surface area contributed by atoms with Crippen molar-refractivity contribution in [2.24, 2.45) is 0 Å². The molecule has 0 atom stereocenters. The lowest BCUT2D eigenvalue weighted by atomic mass is 10.1. The zero-order chi connectivity index (χ0) is 12.8. The van der Waals surface area contributed by atoms with Crippen LogP contribution in [0.25, 0.3) is 11.4 Å². The Bertz CT molecular complexity index is 462. The molecule has 0 radical (unpaired) electrons. The van der Waals surface area contributed by atoms with E-state index in [0.717, 1.165) is 12.4 Å². The Morgan fingerprint density at radius 3 is 2.78 bits per heavy atom. The number of hydrogen-bond acceptors (Lipinski definition) is 2. The summed E-state index contributed by atoms with van der Waals surface area (Å²) in [6.07, 6.45) is 7.44. The van der Waals surface area contributed by atoms with E-state index in [9.17, 15) is 0 Å². The highest BCUT2D eigenvalue weighted by molar-refractivity contribution is 5.74. The van der Waals surface area contributed by atoms with E-state index in [1.54, 1.807) is 6.20 Å². The normalized spacial score (nSPS) is 10.6. The molecule has 0 saturated carbocycles. The maximum absolute atomic E-state index is 4.34. The number of hydrogen-bond donors (Lipinski definition) is 1. The van der Waals surface area contributed by atoms with Crippen molar-refractivity contribution in [2.75, 3.05) is 18.5 Å². The average molecular weight is 243 g/mol. The van der Waals surface area contributed by atoms with Gasteiger partial charge in [0, 0.05) is 37.2 Å². The van der Waals surface area contributed by atoms with E-state index < -0.39 is 0 Å². The summed E-state index contributed by atoms with van der Waals surface area (Å²) in [5, 5.41) is 0. The number of aromatic nitrogens is 2. The van der Waals surface area contributed by atoms with Gasteiger partial charge in [-0.05, 0) is 18.6 Å². The molecule has 0 aliphatic rings. The second kappa shape index (κ2) is 6.24. The van der Waals surface area contributed by atoms with Gasteiger partial charge in [0.05, 0.1) is 0 Å². The van der Waals surface area contributed by atoms with Crippen LogP contribution >= 0.6 is 0 Å². The molecular weight excluding hydrogens is 222 g/mol. The second-order valence-electron chi connectivity index (χ2n) is 4.58. The third-order valence-electron chi connectivity index (χ3n) is 3.17. The lowest BCUT2D eigenvalue weighted by molar-refractivity contribution is 0.705. The van der Waals surface area contributed by atoms with E-state index >= 15 is 0 Å². The highest BCUT2D eigenvalue weighted by Crippen LogP contribution is 2.27. The lowest BCUT2D eigenvalue weighted by Crippen LogP contribution is -2.19. The van der Waals surface area contributed by atoms with E-state index in [2.05, 4.69) is 53.1 Å². The molecule has 3 nitrogen and oxygen atoms in total. The van der Waals surface area contributed by atoms with Crippen LogP contribution in [0.2, 0.25) is 0 Å². The molecule has 0 amide bonds. The van der Waals surface area contributed by atoms with Gasteiger partial charge in [-0.1, -0.05) is 31.9 Å². The molecule has 3 heteroatoms. The highest BCUT2D eigenvalue weighted by Gasteiger charge is 2.09. The minimum absolute atomic E-state index is 0.938. The number of aromatic amines is 1. The molecule has 1 N–H and O–H groups in total. The van der Waals surface area contributed by atoms with Crippen LogP contribution in [0, 0.1) is 0 Å². The van der Waals surface area contributed by atoms with Crippen LogP contribution in [0.1, 0.15) is 26.2 Å². The third-order valence-corrected chi connectivity index (χ3v) is 3.17. The molecular formula is C15H21N3. The van der Waals surface area contributed by atoms with Gasteiger partial charge in [-0.3, -0.25) is 0 Å². The Kier molecular flexibility index (Phi) is 4.40. The molecule has 0 fully saturated rings. The Morgan fingerprint density at radius 1 is 1.22 bits per heavy atom. The number of anilines is 1. The number of nitrogens with one attached hydrogen (secondary N) is 1. The van der Waals surface area contributed by atoms with Crippen molar-refractivity contribution in [3.8, 4) is 11.4 Å². The standard InChI is InChI=1S/C15H21N3/c1-3-4-7-12-18(2)14-9-6-5-8-13(14)15-16-10-11-17-15/h5-6,8-11H,3-4,7,12H2,1-2H3,(H,16,17). The summed E-state index contributed by atoms with van der Waals surface area (Å²) in [4.78, 5) is 9.83. The second-order valence-corrected chi connectivity index (χ2v) is 4.58. The molecule has 1 heterocycles. The molecule has 2 aromatic rings. The number of benzene rings is 1. The Hall–Kier alpha value is -1.77. The lowest BCUT2D eigenvalue weighted by Gasteiger charge is -2.21. The summed E-state index contributed by atoms with van der Waals surface area (Å²) in [7, 11) is 2.15. The molecule has 1 aromatic carbocycles. The van der Waals surface area contributed by atoms with Crippen molar-refractivity contribution < 1.29 is 0 Å². The van der Waals surface area contributed by atoms with Gasteiger partial charge >= 0.3 is 0 Å². The third kappa shape index (κ3) is 2.92. The molecule has 0 bridgehead atoms. The predicted octanol–water partition coefficient (Wildman–Crippen LogP) is 3.70. The molecule has 0 spiro atoms. The Labute approximate surface area is 109 Å². The highest BCUT2D eigenvalue weighted by atomic mass is 15.1. The Morgan fingerprint density at radius 2 is 2.06 bits per heavy atom. The molecule has 0 aliphatic carbocycles. The first-order chi connectivity index (χ1) is 8.83. The quantitative estimate of drug-likeness (QED) is 0.784. The fourth-order valence-electron chi connectivity index (χ4n) is 2.14. The maximum atomic E-state index is 4.34. The largest absolute Gasteiger partial charge is 0.374 e. The topological polar surface area (TPSA) is 31.9 Å². The van der Waals surface area contributed by atoms with Gasteiger partial charge in [0.25, 0.3) is 0 Å². The number of para-hydroxylation sites is 1. The van der Waals surface area contributed by atoms with Crippen LogP contribution in [-0.4, -0.2) is 23.6 Å². The van der Waals surface area contributed by atoms with Gasteiger partial charge < -0.3 is 9.88 Å². The fraction of sp³-hybridized carbons (Fsp3) is 0.400. The van der Waals surface area contributed by atoms with Crippen molar-refractivity contribution in [3.05, 3.63) is 36.7 Å². The molecule has 1 aromatic heterocycles. The van der Waals surface area contributed by atoms with Crippen LogP contribution in [-0.2, 0) is 0 Å². The molecule has 96 valence electrons. The molecule has 0 aliphatic heterocycles. The molecule has 2 rings (SSSR count). The first-order valence-electron chi connectivity index (χ1n) is 6.63. The first-order valence-corrected chi connectivity index (χ1v) is 6.63. The number of H-pyrrole nitrogens is 1. The zero-order valence-corrected chi connectivity index (χ0v) is 11.2. The Balaban J connectivity index is 2.17. The summed E-state index contributed by atoms with van der Waals surface area (Å²) in [5.74, 6) is 0.938. The maximum Gasteiger partial charge on any atom is 0.139 e. The smallest absolute Gasteiger partial charge is 0.139 e. The van der Waals surface area contributed by atoms with Crippen molar-refractivity contribution in [2.45, 2.75) is 26.2 Å². The van der Waals surface area contributed by atoms with Crippen LogP contribution < -0.4 is 4.90 Å². The molecule has 18 heavy (non-hydrogen) atoms. The molecule has 0 unspecified atom stereocenters. The van der Waals surface area contributed by atoms with Crippen molar-refractivity contribution in [1.82, 2.24) is 9.97 Å². The van der Waals surface area contributed by atoms with Crippen molar-refractivity contribution in [3.63, 3.8) is 0 Å². The van der Waals surface area contributed by atoms with E-state index in [4.69, 9.17) is 0 Å². The summed E-state index contributed by atoms with van der Waals surface area (Å²) in [5.41, 5.74) is 2.41. The van der Waals surface area contributed by atoms with E-state index in [1.807, 2.05) is 6.20 Å². The summed E-state index contributed by atoms with van der Waals surface area (Å²) in [6, 6.07) is 8.41. The zero-order valence-electron chi connectivity index (χ0n) is 11.2. The van der Waals surface area contributed by atoms with E-state index in [-0.39, 0.29) is 0 Å². The average Bonchev–Trinajstić information content (AvgIpc) is 2.93. The number of imidazole rings is 1. The minimum atomic E-state index is 0.938. The van der Waals surface area contributed by atoms with Gasteiger partial charge in [0.15, 0.2) is 0 Å². The van der Waals surface area contributed by atoms with Crippen LogP contribution in [0.5, 0.6) is 0 Å². The van der Waals surface area contributed by atoms with Crippen molar-refractivity contribution in [1.29, 1.82) is 0 Å². The van der Waals surface area contributed by atoms with Crippen LogP contribution in [0.3, 0.4) is 0 Å². The monoisotopic (exact) mass is 243 g/mol. The van der Waals surface area contributed by atoms with Gasteiger partial charge in [0.2, 0.25) is 0 Å². The summed E-state index contributed by atoms with van der Waals surface area (Å²) >= 11 is 0. The number of nitrogens with zero attached hydrogens (tertiary/aromatic N) is 2. The SMILES string of the molecule is CCCCCN(C)c1ccccc1-c1ncc[nH]1. The van der Waals surface area contributed by atoms with Gasteiger partial charge in [-0.15, -0.1) is 0 Å². The minimum Gasteiger partial charge on any atom is -0.374 e. The number of rotatable bonds is 6. The van der Waals surface area contributed by atoms with Crippen LogP contribution in [0.15, 0.2) is 36.7 Å². The molecule has 0 saturated heterocycles. The van der Waals surface area contributed by atoms with Gasteiger partial charge in [-0.25, -0.2) is 4.98 Å². The van der Waals surface area contributed by atoms with Crippen LogP contribution in [0.4, 0.5) is 5.69 Å². The van der Waals surface area contributed by atoms with Gasteiger partial charge in [0.1, 0.15) is 5.82 Å². The predicted molar refractivity (Wildman–Crippen MR) is 76.8 cm³/mol. The number of unbranched alkanes of at least 4 members (excludes halogenated alkanes) is 2. The van der Waals surface area contributed by atoms with Gasteiger partial charge in [-0.2, -0.15) is 0 Å². The summed E-state index contributed by atoms with van der Waals surface area (Å²) < 4.78 is 0. The van der Waals surface area contributed by atoms with Crippen molar-refractivity contribution >= 4 is 5.69 Å².